The zero-order valence-corrected chi connectivity index (χ0v) is 13.6. The molecule has 3 N–H and O–H groups in total. The fourth-order valence-electron chi connectivity index (χ4n) is 3.00. The highest BCUT2D eigenvalue weighted by molar-refractivity contribution is 6.30. The fraction of sp³-hybridized carbons (Fsp3) is 0.111. The lowest BCUT2D eigenvalue weighted by molar-refractivity contribution is -0.137. The quantitative estimate of drug-likeness (QED) is 0.577. The number of nitrogens with zero attached hydrogens (tertiary/aromatic N) is 2. The molecule has 138 valence electrons. The Hall–Kier alpha value is -3.36. The molecule has 0 bridgehead atoms. The van der Waals surface area contributed by atoms with Crippen LogP contribution in [0.2, 0.25) is 0 Å². The lowest BCUT2D eigenvalue weighted by Crippen LogP contribution is -2.26. The van der Waals surface area contributed by atoms with Gasteiger partial charge in [0.1, 0.15) is 23.2 Å². The molecule has 0 amide bonds. The predicted molar refractivity (Wildman–Crippen MR) is 92.1 cm³/mol. The Bertz CT molecular complexity index is 1100. The molecule has 3 aromatic rings. The van der Waals surface area contributed by atoms with Crippen LogP contribution >= 0.6 is 0 Å². The number of alkyl halides is 3. The molecular weight excluding hydrogens is 364 g/mol. The zero-order chi connectivity index (χ0) is 19.3. The van der Waals surface area contributed by atoms with E-state index in [0.29, 0.717) is 11.0 Å². The number of aliphatic hydroxyl groups is 1. The SMILES string of the molecule is N=C1C(c2nc3ccc(F)cc3[nH]2)=C(O)CN1c1cccc(C(F)(F)F)c1. The normalized spacial score (nSPS) is 15.3. The molecule has 0 saturated carbocycles. The van der Waals surface area contributed by atoms with Crippen LogP contribution in [-0.2, 0) is 6.18 Å². The first-order valence-corrected chi connectivity index (χ1v) is 7.85. The van der Waals surface area contributed by atoms with Crippen molar-refractivity contribution in [2.45, 2.75) is 6.18 Å². The fourth-order valence-corrected chi connectivity index (χ4v) is 3.00. The summed E-state index contributed by atoms with van der Waals surface area (Å²) in [4.78, 5) is 8.31. The third kappa shape index (κ3) is 2.90. The van der Waals surface area contributed by atoms with E-state index in [2.05, 4.69) is 9.97 Å². The number of aromatic amines is 1. The van der Waals surface area contributed by atoms with Crippen LogP contribution in [0.15, 0.2) is 48.2 Å². The van der Waals surface area contributed by atoms with Gasteiger partial charge in [0.15, 0.2) is 0 Å². The summed E-state index contributed by atoms with van der Waals surface area (Å²) in [6.45, 7) is -0.166. The van der Waals surface area contributed by atoms with E-state index in [4.69, 9.17) is 5.41 Å². The smallest absolute Gasteiger partial charge is 0.416 e. The van der Waals surface area contributed by atoms with E-state index >= 15 is 0 Å². The van der Waals surface area contributed by atoms with Crippen molar-refractivity contribution >= 4 is 28.1 Å². The van der Waals surface area contributed by atoms with E-state index in [9.17, 15) is 22.7 Å². The number of hydrogen-bond acceptors (Lipinski definition) is 3. The number of fused-ring (bicyclic) bond motifs is 1. The Morgan fingerprint density at radius 1 is 1.15 bits per heavy atom. The molecule has 4 rings (SSSR count). The summed E-state index contributed by atoms with van der Waals surface area (Å²) in [7, 11) is 0. The van der Waals surface area contributed by atoms with Crippen LogP contribution in [0.5, 0.6) is 0 Å². The van der Waals surface area contributed by atoms with Gasteiger partial charge in [0.05, 0.1) is 28.7 Å². The highest BCUT2D eigenvalue weighted by atomic mass is 19.4. The topological polar surface area (TPSA) is 76.0 Å². The van der Waals surface area contributed by atoms with E-state index in [1.54, 1.807) is 0 Å². The summed E-state index contributed by atoms with van der Waals surface area (Å²) in [6, 6.07) is 8.43. The number of amidine groups is 1. The maximum Gasteiger partial charge on any atom is 0.416 e. The van der Waals surface area contributed by atoms with Crippen LogP contribution < -0.4 is 4.90 Å². The number of aromatic nitrogens is 2. The molecule has 1 aromatic heterocycles. The van der Waals surface area contributed by atoms with E-state index < -0.39 is 17.6 Å². The second-order valence-electron chi connectivity index (χ2n) is 6.05. The second kappa shape index (κ2) is 5.83. The highest BCUT2D eigenvalue weighted by Gasteiger charge is 2.34. The minimum atomic E-state index is -4.51. The molecule has 0 atom stereocenters. The monoisotopic (exact) mass is 376 g/mol. The van der Waals surface area contributed by atoms with Gasteiger partial charge in [-0.05, 0) is 36.4 Å². The van der Waals surface area contributed by atoms with E-state index in [0.717, 1.165) is 12.1 Å². The molecule has 0 radical (unpaired) electrons. The van der Waals surface area contributed by atoms with Gasteiger partial charge >= 0.3 is 6.18 Å². The van der Waals surface area contributed by atoms with Crippen LogP contribution in [0.3, 0.4) is 0 Å². The maximum absolute atomic E-state index is 13.3. The zero-order valence-electron chi connectivity index (χ0n) is 13.6. The van der Waals surface area contributed by atoms with Crippen molar-refractivity contribution in [1.29, 1.82) is 5.41 Å². The molecule has 2 heterocycles. The summed E-state index contributed by atoms with van der Waals surface area (Å²) in [5, 5.41) is 18.6. The number of nitrogens with one attached hydrogen (secondary N) is 2. The molecule has 5 nitrogen and oxygen atoms in total. The van der Waals surface area contributed by atoms with Crippen molar-refractivity contribution < 1.29 is 22.7 Å². The van der Waals surface area contributed by atoms with E-state index in [1.807, 2.05) is 0 Å². The van der Waals surface area contributed by atoms with Gasteiger partial charge in [-0.25, -0.2) is 9.37 Å². The van der Waals surface area contributed by atoms with Gasteiger partial charge < -0.3 is 15.0 Å². The van der Waals surface area contributed by atoms with Crippen molar-refractivity contribution in [3.8, 4) is 0 Å². The van der Waals surface area contributed by atoms with E-state index in [-0.39, 0.29) is 35.2 Å². The molecule has 0 unspecified atom stereocenters. The van der Waals surface area contributed by atoms with E-state index in [1.165, 1.54) is 35.2 Å². The number of halogens is 4. The molecule has 1 aliphatic heterocycles. The molecule has 2 aromatic carbocycles. The predicted octanol–water partition coefficient (Wildman–Crippen LogP) is 4.49. The van der Waals surface area contributed by atoms with Crippen molar-refractivity contribution in [3.63, 3.8) is 0 Å². The minimum absolute atomic E-state index is 0.0593. The number of hydrogen-bond donors (Lipinski definition) is 3. The molecular formula is C18H12F4N4O. The molecule has 1 aliphatic rings. The van der Waals surface area contributed by atoms with Gasteiger partial charge in [-0.2, -0.15) is 13.2 Å². The summed E-state index contributed by atoms with van der Waals surface area (Å²) in [5.74, 6) is -0.737. The summed E-state index contributed by atoms with van der Waals surface area (Å²) >= 11 is 0. The average Bonchev–Trinajstić information content (AvgIpc) is 3.14. The summed E-state index contributed by atoms with van der Waals surface area (Å²) in [6.07, 6.45) is -4.51. The van der Waals surface area contributed by atoms with Crippen LogP contribution in [-0.4, -0.2) is 27.5 Å². The van der Waals surface area contributed by atoms with Gasteiger partial charge in [0.2, 0.25) is 0 Å². The standard InChI is InChI=1S/C18H12F4N4O/c19-10-4-5-12-13(7-10)25-17(24-12)15-14(27)8-26(16(15)23)11-3-1-2-9(6-11)18(20,21)22/h1-7,23,27H,8H2,(H,24,25). The number of imidazole rings is 1. The largest absolute Gasteiger partial charge is 0.509 e. The van der Waals surface area contributed by atoms with Gasteiger partial charge in [0, 0.05) is 5.69 Å². The van der Waals surface area contributed by atoms with Crippen molar-refractivity contribution in [2.24, 2.45) is 0 Å². The van der Waals surface area contributed by atoms with Crippen LogP contribution in [0.1, 0.15) is 11.4 Å². The number of benzene rings is 2. The molecule has 27 heavy (non-hydrogen) atoms. The van der Waals surface area contributed by atoms with Crippen molar-refractivity contribution in [1.82, 2.24) is 9.97 Å². The van der Waals surface area contributed by atoms with Crippen molar-refractivity contribution in [3.05, 3.63) is 65.4 Å². The van der Waals surface area contributed by atoms with Crippen LogP contribution in [0.4, 0.5) is 23.2 Å². The summed E-state index contributed by atoms with van der Waals surface area (Å²) in [5.41, 5.74) is 0.162. The van der Waals surface area contributed by atoms with Crippen molar-refractivity contribution in [2.75, 3.05) is 11.4 Å². The van der Waals surface area contributed by atoms with Crippen LogP contribution in [0, 0.1) is 11.2 Å². The highest BCUT2D eigenvalue weighted by Crippen LogP contribution is 2.35. The third-order valence-electron chi connectivity index (χ3n) is 4.27. The average molecular weight is 376 g/mol. The molecule has 0 aliphatic carbocycles. The van der Waals surface area contributed by atoms with Crippen LogP contribution in [0.25, 0.3) is 16.6 Å². The Morgan fingerprint density at radius 3 is 2.67 bits per heavy atom. The first kappa shape index (κ1) is 17.1. The second-order valence-corrected chi connectivity index (χ2v) is 6.05. The van der Waals surface area contributed by atoms with Gasteiger partial charge in [-0.15, -0.1) is 0 Å². The number of rotatable bonds is 2. The Kier molecular flexibility index (Phi) is 3.69. The first-order chi connectivity index (χ1) is 12.7. The molecule has 0 saturated heterocycles. The third-order valence-corrected chi connectivity index (χ3v) is 4.27. The number of anilines is 1. The first-order valence-electron chi connectivity index (χ1n) is 7.85. The Labute approximate surface area is 150 Å². The Morgan fingerprint density at radius 2 is 1.93 bits per heavy atom. The molecule has 9 heteroatoms. The number of aliphatic hydroxyl groups excluding tert-OH is 1. The lowest BCUT2D eigenvalue weighted by Gasteiger charge is -2.20. The maximum atomic E-state index is 13.3. The summed E-state index contributed by atoms with van der Waals surface area (Å²) < 4.78 is 52.2. The molecule has 0 spiro atoms. The lowest BCUT2D eigenvalue weighted by atomic mass is 10.1. The van der Waals surface area contributed by atoms with Gasteiger partial charge in [-0.3, -0.25) is 5.41 Å². The number of H-pyrrole nitrogens is 1. The minimum Gasteiger partial charge on any atom is -0.509 e. The Balaban J connectivity index is 1.71. The molecule has 0 fully saturated rings. The van der Waals surface area contributed by atoms with Gasteiger partial charge in [0.25, 0.3) is 0 Å². The van der Waals surface area contributed by atoms with Gasteiger partial charge in [-0.1, -0.05) is 6.07 Å².